The van der Waals surface area contributed by atoms with Gasteiger partial charge in [0.25, 0.3) is 10.1 Å². The first-order chi connectivity index (χ1) is 5.00. The fourth-order valence-electron chi connectivity index (χ4n) is 0.640. The molecule has 1 aromatic carbocycles. The second-order valence-corrected chi connectivity index (χ2v) is 3.47. The molecule has 4 nitrogen and oxygen atoms in total. The van der Waals surface area contributed by atoms with Crippen molar-refractivity contribution in [3.8, 4) is 0 Å². The Labute approximate surface area is 103 Å². The molecule has 0 spiro atoms. The van der Waals surface area contributed by atoms with E-state index in [0.717, 1.165) is 0 Å². The van der Waals surface area contributed by atoms with Crippen LogP contribution in [-0.4, -0.2) is 50.7 Å². The Morgan fingerprint density at radius 2 is 1.67 bits per heavy atom. The summed E-state index contributed by atoms with van der Waals surface area (Å²) in [5.41, 5.74) is 5.75. The standard InChI is InChI=1S/C6H7NO3S.Ca.2H/c7-5-1-3-6(4-2-5)11(8,9)10;;;/h1-4H,7H2,(H,8,9,10);;;/q;+2;2*-1. The molecule has 0 aromatic heterocycles. The fourth-order valence-corrected chi connectivity index (χ4v) is 1.12. The molecule has 3 N–H and O–H groups in total. The Morgan fingerprint density at radius 3 is 2.00 bits per heavy atom. The maximum Gasteiger partial charge on any atom is 2.00 e. The van der Waals surface area contributed by atoms with Crippen LogP contribution in [0.15, 0.2) is 29.2 Å². The first kappa shape index (κ1) is 12.2. The van der Waals surface area contributed by atoms with E-state index in [1.165, 1.54) is 24.3 Å². The SMILES string of the molecule is Nc1ccc(S(=O)(=O)O)cc1.[Ca+2].[H-].[H-]. The van der Waals surface area contributed by atoms with Crippen LogP contribution in [-0.2, 0) is 10.1 Å². The van der Waals surface area contributed by atoms with Gasteiger partial charge in [-0.1, -0.05) is 0 Å². The number of rotatable bonds is 1. The molecule has 0 aliphatic heterocycles. The predicted octanol–water partition coefficient (Wildman–Crippen LogP) is 0.360. The fraction of sp³-hybridized carbons (Fsp3) is 0. The molecule has 0 atom stereocenters. The Balaban J connectivity index is -0.000000403. The molecule has 0 saturated carbocycles. The second kappa shape index (κ2) is 4.43. The maximum absolute atomic E-state index is 10.5. The van der Waals surface area contributed by atoms with Crippen molar-refractivity contribution in [2.75, 3.05) is 5.73 Å². The summed E-state index contributed by atoms with van der Waals surface area (Å²) in [6.45, 7) is 0. The van der Waals surface area contributed by atoms with E-state index >= 15 is 0 Å². The van der Waals surface area contributed by atoms with Gasteiger partial charge in [0.05, 0.1) is 4.90 Å². The molecule has 64 valence electrons. The molecule has 1 aromatic rings. The zero-order valence-electron chi connectivity index (χ0n) is 8.27. The zero-order chi connectivity index (χ0) is 8.48. The van der Waals surface area contributed by atoms with Crippen LogP contribution in [0.25, 0.3) is 0 Å². The Hall–Kier alpha value is 0.190. The smallest absolute Gasteiger partial charge is 1.00 e. The van der Waals surface area contributed by atoms with Gasteiger partial charge in [0.2, 0.25) is 0 Å². The largest absolute Gasteiger partial charge is 2.00 e. The van der Waals surface area contributed by atoms with Crippen LogP contribution in [0.4, 0.5) is 5.69 Å². The van der Waals surface area contributed by atoms with E-state index in [1.807, 2.05) is 0 Å². The summed E-state index contributed by atoms with van der Waals surface area (Å²) in [6.07, 6.45) is 0. The third kappa shape index (κ3) is 3.28. The van der Waals surface area contributed by atoms with Gasteiger partial charge in [0.15, 0.2) is 0 Å². The number of nitrogens with two attached hydrogens (primary N) is 1. The van der Waals surface area contributed by atoms with Crippen molar-refractivity contribution in [1.29, 1.82) is 0 Å². The molecule has 0 saturated heterocycles. The van der Waals surface area contributed by atoms with Crippen LogP contribution >= 0.6 is 0 Å². The van der Waals surface area contributed by atoms with E-state index in [1.54, 1.807) is 0 Å². The van der Waals surface area contributed by atoms with Crippen LogP contribution in [0.1, 0.15) is 2.85 Å². The first-order valence-corrected chi connectivity index (χ1v) is 4.27. The average molecular weight is 215 g/mol. The van der Waals surface area contributed by atoms with Gasteiger partial charge in [-0.3, -0.25) is 4.55 Å². The number of benzene rings is 1. The Bertz CT molecular complexity index is 354. The van der Waals surface area contributed by atoms with Gasteiger partial charge in [-0.05, 0) is 24.3 Å². The maximum atomic E-state index is 10.5. The quantitative estimate of drug-likeness (QED) is 0.402. The van der Waals surface area contributed by atoms with Gasteiger partial charge in [0, 0.05) is 5.69 Å². The number of hydrogen-bond acceptors (Lipinski definition) is 3. The number of anilines is 1. The van der Waals surface area contributed by atoms with E-state index in [-0.39, 0.29) is 45.5 Å². The molecule has 0 aliphatic rings. The minimum Gasteiger partial charge on any atom is -1.00 e. The summed E-state index contributed by atoms with van der Waals surface area (Å²) in [5.74, 6) is 0. The van der Waals surface area contributed by atoms with Crippen molar-refractivity contribution in [2.24, 2.45) is 0 Å². The van der Waals surface area contributed by atoms with Gasteiger partial charge in [-0.2, -0.15) is 8.42 Å². The molecule has 12 heavy (non-hydrogen) atoms. The van der Waals surface area contributed by atoms with Crippen molar-refractivity contribution in [1.82, 2.24) is 0 Å². The predicted molar refractivity (Wildman–Crippen MR) is 48.6 cm³/mol. The summed E-state index contributed by atoms with van der Waals surface area (Å²) in [6, 6.07) is 5.29. The van der Waals surface area contributed by atoms with E-state index < -0.39 is 10.1 Å². The molecule has 0 aliphatic carbocycles. The summed E-state index contributed by atoms with van der Waals surface area (Å²) >= 11 is 0. The summed E-state index contributed by atoms with van der Waals surface area (Å²) in [4.78, 5) is -0.147. The summed E-state index contributed by atoms with van der Waals surface area (Å²) in [5, 5.41) is 0. The van der Waals surface area contributed by atoms with E-state index in [9.17, 15) is 8.42 Å². The van der Waals surface area contributed by atoms with Crippen LogP contribution in [0.3, 0.4) is 0 Å². The van der Waals surface area contributed by atoms with Gasteiger partial charge in [-0.15, -0.1) is 0 Å². The average Bonchev–Trinajstić information content (AvgIpc) is 1.86. The van der Waals surface area contributed by atoms with Crippen LogP contribution < -0.4 is 5.73 Å². The third-order valence-electron chi connectivity index (χ3n) is 1.18. The Kier molecular flexibility index (Phi) is 4.50. The first-order valence-electron chi connectivity index (χ1n) is 2.83. The van der Waals surface area contributed by atoms with Crippen molar-refractivity contribution in [2.45, 2.75) is 4.90 Å². The van der Waals surface area contributed by atoms with Gasteiger partial charge in [-0.25, -0.2) is 0 Å². The number of nitrogen functional groups attached to an aromatic ring is 1. The minimum absolute atomic E-state index is 0. The van der Waals surface area contributed by atoms with E-state index in [2.05, 4.69) is 0 Å². The topological polar surface area (TPSA) is 80.4 Å². The molecule has 0 amide bonds. The van der Waals surface area contributed by atoms with Crippen LogP contribution in [0.2, 0.25) is 0 Å². The molecule has 0 unspecified atom stereocenters. The molecule has 0 fully saturated rings. The van der Waals surface area contributed by atoms with Crippen molar-refractivity contribution in [3.63, 3.8) is 0 Å². The molecule has 0 radical (unpaired) electrons. The van der Waals surface area contributed by atoms with Crippen molar-refractivity contribution < 1.29 is 15.8 Å². The monoisotopic (exact) mass is 215 g/mol. The molecular formula is C6H9CaNO3S. The zero-order valence-corrected chi connectivity index (χ0v) is 9.29. The molecular weight excluding hydrogens is 206 g/mol. The van der Waals surface area contributed by atoms with Crippen LogP contribution in [0, 0.1) is 0 Å². The van der Waals surface area contributed by atoms with Gasteiger partial charge in [0.1, 0.15) is 0 Å². The summed E-state index contributed by atoms with van der Waals surface area (Å²) < 4.78 is 29.4. The third-order valence-corrected chi connectivity index (χ3v) is 2.05. The molecule has 1 rings (SSSR count). The minimum atomic E-state index is -4.08. The van der Waals surface area contributed by atoms with E-state index in [0.29, 0.717) is 5.69 Å². The normalized spacial score (nSPS) is 10.4. The van der Waals surface area contributed by atoms with Gasteiger partial charge >= 0.3 is 37.7 Å². The molecule has 6 heteroatoms. The summed E-state index contributed by atoms with van der Waals surface area (Å²) in [7, 11) is -4.08. The van der Waals surface area contributed by atoms with Crippen LogP contribution in [0.5, 0.6) is 0 Å². The second-order valence-electron chi connectivity index (χ2n) is 2.04. The Morgan fingerprint density at radius 1 is 1.25 bits per heavy atom. The van der Waals surface area contributed by atoms with Gasteiger partial charge < -0.3 is 8.59 Å². The van der Waals surface area contributed by atoms with Crippen molar-refractivity contribution >= 4 is 53.5 Å². The number of hydrogen-bond donors (Lipinski definition) is 2. The van der Waals surface area contributed by atoms with Crippen molar-refractivity contribution in [3.05, 3.63) is 24.3 Å². The molecule has 0 bridgehead atoms. The molecule has 0 heterocycles. The van der Waals surface area contributed by atoms with E-state index in [4.69, 9.17) is 10.3 Å².